The number of hydrogen-bond donors (Lipinski definition) is 1. The first kappa shape index (κ1) is 12.9. The molecule has 1 atom stereocenters. The number of Topliss-reactive ketones (excluding diaryl/α,β-unsaturated/α-hetero) is 1. The molecule has 0 spiro atoms. The van der Waals surface area contributed by atoms with E-state index in [0.717, 1.165) is 5.56 Å². The third-order valence-electron chi connectivity index (χ3n) is 2.54. The van der Waals surface area contributed by atoms with E-state index in [1.807, 2.05) is 34.0 Å². The Balaban J connectivity index is 2.47. The molecule has 0 fully saturated rings. The highest BCUT2D eigenvalue weighted by molar-refractivity contribution is 5.83. The van der Waals surface area contributed by atoms with Crippen LogP contribution in [0.4, 0.5) is 0 Å². The number of aliphatic hydroxyl groups excluding tert-OH is 1. The van der Waals surface area contributed by atoms with Crippen LogP contribution >= 0.6 is 0 Å². The van der Waals surface area contributed by atoms with E-state index in [1.165, 1.54) is 0 Å². The SMILES string of the molecule is Cn1cc(CCC(=O)C(O)C(C)(C)C)cn1. The first-order valence-corrected chi connectivity index (χ1v) is 5.49. The van der Waals surface area contributed by atoms with Crippen LogP contribution < -0.4 is 0 Å². The van der Waals surface area contributed by atoms with Crippen molar-refractivity contribution in [2.45, 2.75) is 39.7 Å². The van der Waals surface area contributed by atoms with Crippen molar-refractivity contribution in [3.8, 4) is 0 Å². The summed E-state index contributed by atoms with van der Waals surface area (Å²) in [4.78, 5) is 11.7. The van der Waals surface area contributed by atoms with Crippen LogP contribution in [0.2, 0.25) is 0 Å². The van der Waals surface area contributed by atoms with E-state index in [-0.39, 0.29) is 11.2 Å². The first-order valence-electron chi connectivity index (χ1n) is 5.49. The van der Waals surface area contributed by atoms with Crippen molar-refractivity contribution in [1.82, 2.24) is 9.78 Å². The largest absolute Gasteiger partial charge is 0.385 e. The van der Waals surface area contributed by atoms with E-state index in [0.29, 0.717) is 12.8 Å². The molecular weight excluding hydrogens is 204 g/mol. The zero-order valence-electron chi connectivity index (χ0n) is 10.4. The van der Waals surface area contributed by atoms with Gasteiger partial charge in [0.15, 0.2) is 5.78 Å². The predicted molar refractivity (Wildman–Crippen MR) is 62.0 cm³/mol. The van der Waals surface area contributed by atoms with Crippen LogP contribution in [0.25, 0.3) is 0 Å². The summed E-state index contributed by atoms with van der Waals surface area (Å²) in [6, 6.07) is 0. The molecule has 0 radical (unpaired) electrons. The Kier molecular flexibility index (Phi) is 3.86. The van der Waals surface area contributed by atoms with Gasteiger partial charge >= 0.3 is 0 Å². The van der Waals surface area contributed by atoms with Gasteiger partial charge in [-0.15, -0.1) is 0 Å². The summed E-state index contributed by atoms with van der Waals surface area (Å²) in [5, 5.41) is 13.8. The molecule has 0 saturated heterocycles. The van der Waals surface area contributed by atoms with E-state index in [2.05, 4.69) is 5.10 Å². The van der Waals surface area contributed by atoms with Crippen LogP contribution in [-0.4, -0.2) is 26.8 Å². The number of aryl methyl sites for hydroxylation is 2. The summed E-state index contributed by atoms with van der Waals surface area (Å²) >= 11 is 0. The summed E-state index contributed by atoms with van der Waals surface area (Å²) < 4.78 is 1.71. The molecule has 0 aromatic carbocycles. The lowest BCUT2D eigenvalue weighted by Gasteiger charge is -2.24. The number of ketones is 1. The maximum atomic E-state index is 11.7. The Hall–Kier alpha value is -1.16. The minimum absolute atomic E-state index is 0.101. The van der Waals surface area contributed by atoms with Crippen molar-refractivity contribution in [2.24, 2.45) is 12.5 Å². The minimum atomic E-state index is -0.885. The highest BCUT2D eigenvalue weighted by Crippen LogP contribution is 2.21. The Morgan fingerprint density at radius 1 is 1.56 bits per heavy atom. The average Bonchev–Trinajstić information content (AvgIpc) is 2.58. The molecule has 0 aliphatic heterocycles. The van der Waals surface area contributed by atoms with Gasteiger partial charge in [-0.3, -0.25) is 9.48 Å². The van der Waals surface area contributed by atoms with Crippen molar-refractivity contribution < 1.29 is 9.90 Å². The molecule has 1 heterocycles. The molecule has 0 saturated carbocycles. The van der Waals surface area contributed by atoms with Crippen LogP contribution in [0.15, 0.2) is 12.4 Å². The van der Waals surface area contributed by atoms with Crippen LogP contribution in [0.1, 0.15) is 32.8 Å². The average molecular weight is 224 g/mol. The van der Waals surface area contributed by atoms with Crippen LogP contribution in [-0.2, 0) is 18.3 Å². The second kappa shape index (κ2) is 4.78. The molecule has 1 N–H and O–H groups in total. The van der Waals surface area contributed by atoms with Gasteiger partial charge in [-0.2, -0.15) is 5.10 Å². The van der Waals surface area contributed by atoms with Crippen molar-refractivity contribution in [3.63, 3.8) is 0 Å². The van der Waals surface area contributed by atoms with E-state index in [1.54, 1.807) is 10.9 Å². The van der Waals surface area contributed by atoms with Crippen molar-refractivity contribution in [3.05, 3.63) is 18.0 Å². The summed E-state index contributed by atoms with van der Waals surface area (Å²) in [6.07, 6.45) is 3.75. The lowest BCUT2D eigenvalue weighted by atomic mass is 9.85. The van der Waals surface area contributed by atoms with E-state index in [9.17, 15) is 9.90 Å². The summed E-state index contributed by atoms with van der Waals surface area (Å²) in [6.45, 7) is 5.58. The van der Waals surface area contributed by atoms with Crippen molar-refractivity contribution in [2.75, 3.05) is 0 Å². The molecule has 4 heteroatoms. The molecule has 0 aliphatic rings. The fourth-order valence-electron chi connectivity index (χ4n) is 1.49. The van der Waals surface area contributed by atoms with Gasteiger partial charge in [0, 0.05) is 19.7 Å². The monoisotopic (exact) mass is 224 g/mol. The summed E-state index contributed by atoms with van der Waals surface area (Å²) in [7, 11) is 1.84. The topological polar surface area (TPSA) is 55.1 Å². The first-order chi connectivity index (χ1) is 7.30. The number of carbonyl (C=O) groups is 1. The number of nitrogens with zero attached hydrogens (tertiary/aromatic N) is 2. The molecule has 16 heavy (non-hydrogen) atoms. The van der Waals surface area contributed by atoms with Crippen LogP contribution in [0.5, 0.6) is 0 Å². The molecule has 0 amide bonds. The third kappa shape index (κ3) is 3.45. The van der Waals surface area contributed by atoms with Crippen LogP contribution in [0.3, 0.4) is 0 Å². The number of aliphatic hydroxyl groups is 1. The molecule has 1 aromatic rings. The van der Waals surface area contributed by atoms with Crippen LogP contribution in [0, 0.1) is 5.41 Å². The Morgan fingerprint density at radius 2 is 2.19 bits per heavy atom. The van der Waals surface area contributed by atoms with E-state index >= 15 is 0 Å². The van der Waals surface area contributed by atoms with Gasteiger partial charge in [0.05, 0.1) is 6.20 Å². The smallest absolute Gasteiger partial charge is 0.162 e. The van der Waals surface area contributed by atoms with Gasteiger partial charge in [0.2, 0.25) is 0 Å². The normalized spacial score (nSPS) is 13.8. The van der Waals surface area contributed by atoms with E-state index < -0.39 is 6.10 Å². The van der Waals surface area contributed by atoms with Gasteiger partial charge in [0.25, 0.3) is 0 Å². The molecule has 0 aliphatic carbocycles. The predicted octanol–water partition coefficient (Wildman–Crippen LogP) is 1.33. The number of hydrogen-bond acceptors (Lipinski definition) is 3. The lowest BCUT2D eigenvalue weighted by molar-refractivity contribution is -0.132. The fourth-order valence-corrected chi connectivity index (χ4v) is 1.49. The minimum Gasteiger partial charge on any atom is -0.385 e. The molecule has 4 nitrogen and oxygen atoms in total. The standard InChI is InChI=1S/C12H20N2O2/c1-12(2,3)11(16)10(15)6-5-9-7-13-14(4)8-9/h7-8,11,16H,5-6H2,1-4H3. The molecular formula is C12H20N2O2. The second-order valence-corrected chi connectivity index (χ2v) is 5.26. The maximum absolute atomic E-state index is 11.7. The molecule has 90 valence electrons. The zero-order valence-corrected chi connectivity index (χ0v) is 10.4. The quantitative estimate of drug-likeness (QED) is 0.839. The molecule has 0 bridgehead atoms. The van der Waals surface area contributed by atoms with Gasteiger partial charge in [-0.05, 0) is 17.4 Å². The Labute approximate surface area is 96.3 Å². The van der Waals surface area contributed by atoms with Gasteiger partial charge < -0.3 is 5.11 Å². The van der Waals surface area contributed by atoms with Gasteiger partial charge in [0.1, 0.15) is 6.10 Å². The van der Waals surface area contributed by atoms with Crippen molar-refractivity contribution >= 4 is 5.78 Å². The second-order valence-electron chi connectivity index (χ2n) is 5.26. The Bertz CT molecular complexity index is 363. The fraction of sp³-hybridized carbons (Fsp3) is 0.667. The van der Waals surface area contributed by atoms with Gasteiger partial charge in [-0.1, -0.05) is 20.8 Å². The molecule has 1 aromatic heterocycles. The maximum Gasteiger partial charge on any atom is 0.162 e. The van der Waals surface area contributed by atoms with E-state index in [4.69, 9.17) is 0 Å². The van der Waals surface area contributed by atoms with Gasteiger partial charge in [-0.25, -0.2) is 0 Å². The molecule has 1 unspecified atom stereocenters. The van der Waals surface area contributed by atoms with Crippen molar-refractivity contribution in [1.29, 1.82) is 0 Å². The summed E-state index contributed by atoms with van der Waals surface area (Å²) in [5.74, 6) is -0.101. The number of aromatic nitrogens is 2. The third-order valence-corrected chi connectivity index (χ3v) is 2.54. The lowest BCUT2D eigenvalue weighted by Crippen LogP contribution is -2.34. The highest BCUT2D eigenvalue weighted by Gasteiger charge is 2.28. The number of carbonyl (C=O) groups excluding carboxylic acids is 1. The molecule has 1 rings (SSSR count). The summed E-state index contributed by atoms with van der Waals surface area (Å²) in [5.41, 5.74) is 0.642. The zero-order chi connectivity index (χ0) is 12.3. The number of rotatable bonds is 4. The highest BCUT2D eigenvalue weighted by atomic mass is 16.3. The Morgan fingerprint density at radius 3 is 2.62 bits per heavy atom.